The summed E-state index contributed by atoms with van der Waals surface area (Å²) in [6, 6.07) is -0.203. The van der Waals surface area contributed by atoms with Gasteiger partial charge >= 0.3 is 6.09 Å². The summed E-state index contributed by atoms with van der Waals surface area (Å²) < 4.78 is 20.6. The molecule has 2 atom stereocenters. The lowest BCUT2D eigenvalue weighted by molar-refractivity contribution is 0.0503. The molecule has 1 aliphatic heterocycles. The lowest BCUT2D eigenvalue weighted by atomic mass is 10.2. The SMILES string of the molecule is CC(C)(C)OC(=O)N[C@H]1COS(=O)C1. The zero-order chi connectivity index (χ0) is 10.8. The minimum absolute atomic E-state index is 0.203. The third-order valence-electron chi connectivity index (χ3n) is 1.46. The smallest absolute Gasteiger partial charge is 0.407 e. The third-order valence-corrected chi connectivity index (χ3v) is 2.53. The Morgan fingerprint density at radius 2 is 2.21 bits per heavy atom. The molecule has 0 bridgehead atoms. The molecule has 1 fully saturated rings. The molecule has 1 saturated heterocycles. The first-order valence-corrected chi connectivity index (χ1v) is 5.62. The molecular weight excluding hydrogens is 206 g/mol. The number of carbonyl (C=O) groups excluding carboxylic acids is 1. The first-order valence-electron chi connectivity index (χ1n) is 4.38. The van der Waals surface area contributed by atoms with E-state index >= 15 is 0 Å². The van der Waals surface area contributed by atoms with Gasteiger partial charge in [-0.15, -0.1) is 0 Å². The van der Waals surface area contributed by atoms with Crippen LogP contribution in [0.15, 0.2) is 0 Å². The molecule has 1 heterocycles. The molecule has 14 heavy (non-hydrogen) atoms. The van der Waals surface area contributed by atoms with Gasteiger partial charge in [0, 0.05) is 0 Å². The number of amides is 1. The summed E-state index contributed by atoms with van der Waals surface area (Å²) in [5.74, 6) is 0.333. The molecule has 1 amide bonds. The monoisotopic (exact) mass is 221 g/mol. The molecule has 5 nitrogen and oxygen atoms in total. The molecule has 1 aliphatic rings. The average molecular weight is 221 g/mol. The number of hydrogen-bond acceptors (Lipinski definition) is 4. The Labute approximate surface area is 85.8 Å². The van der Waals surface area contributed by atoms with Gasteiger partial charge in [-0.2, -0.15) is 0 Å². The van der Waals surface area contributed by atoms with Gasteiger partial charge in [0.1, 0.15) is 5.60 Å². The van der Waals surface area contributed by atoms with Crippen LogP contribution in [-0.2, 0) is 20.0 Å². The lowest BCUT2D eigenvalue weighted by Crippen LogP contribution is -2.40. The van der Waals surface area contributed by atoms with Crippen molar-refractivity contribution >= 4 is 17.2 Å². The first kappa shape index (κ1) is 11.5. The summed E-state index contributed by atoms with van der Waals surface area (Å²) in [6.07, 6.45) is -0.495. The van der Waals surface area contributed by atoms with E-state index in [1.165, 1.54) is 0 Å². The number of rotatable bonds is 1. The molecule has 0 aromatic rings. The van der Waals surface area contributed by atoms with Crippen molar-refractivity contribution in [1.82, 2.24) is 5.32 Å². The first-order chi connectivity index (χ1) is 6.37. The van der Waals surface area contributed by atoms with Gasteiger partial charge in [-0.25, -0.2) is 9.00 Å². The minimum atomic E-state index is -1.26. The van der Waals surface area contributed by atoms with Crippen LogP contribution in [0, 0.1) is 0 Å². The van der Waals surface area contributed by atoms with Crippen molar-refractivity contribution in [3.63, 3.8) is 0 Å². The molecule has 6 heteroatoms. The van der Waals surface area contributed by atoms with E-state index in [9.17, 15) is 9.00 Å². The highest BCUT2D eigenvalue weighted by Crippen LogP contribution is 2.08. The number of ether oxygens (including phenoxy) is 1. The standard InChI is InChI=1S/C8H15NO4S/c1-8(2,3)13-7(10)9-6-4-12-14(11)5-6/h6H,4-5H2,1-3H3,(H,9,10)/t6-,14?/m0/s1. The van der Waals surface area contributed by atoms with E-state index in [4.69, 9.17) is 8.92 Å². The fourth-order valence-corrected chi connectivity index (χ4v) is 1.90. The molecular formula is C8H15NO4S. The van der Waals surface area contributed by atoms with Gasteiger partial charge in [0.25, 0.3) is 0 Å². The fourth-order valence-electron chi connectivity index (χ4n) is 0.976. The topological polar surface area (TPSA) is 64.6 Å². The summed E-state index contributed by atoms with van der Waals surface area (Å²) in [5.41, 5.74) is -0.511. The Hall–Kier alpha value is -0.620. The largest absolute Gasteiger partial charge is 0.444 e. The quantitative estimate of drug-likeness (QED) is 0.703. The lowest BCUT2D eigenvalue weighted by Gasteiger charge is -2.20. The number of carbonyl (C=O) groups is 1. The summed E-state index contributed by atoms with van der Waals surface area (Å²) in [4.78, 5) is 11.2. The Morgan fingerprint density at radius 3 is 2.64 bits per heavy atom. The third kappa shape index (κ3) is 4.06. The predicted molar refractivity (Wildman–Crippen MR) is 52.1 cm³/mol. The Bertz CT molecular complexity index is 248. The second-order valence-corrected chi connectivity index (χ2v) is 5.27. The number of hydrogen-bond donors (Lipinski definition) is 1. The minimum Gasteiger partial charge on any atom is -0.444 e. The van der Waals surface area contributed by atoms with Gasteiger partial charge in [0.15, 0.2) is 11.1 Å². The van der Waals surface area contributed by atoms with E-state index in [0.717, 1.165) is 0 Å². The van der Waals surface area contributed by atoms with E-state index in [1.54, 1.807) is 20.8 Å². The van der Waals surface area contributed by atoms with Gasteiger partial charge in [-0.05, 0) is 20.8 Å². The summed E-state index contributed by atoms with van der Waals surface area (Å²) in [5, 5.41) is 2.59. The van der Waals surface area contributed by atoms with Gasteiger partial charge in [-0.3, -0.25) is 4.18 Å². The second kappa shape index (κ2) is 4.27. The zero-order valence-corrected chi connectivity index (χ0v) is 9.35. The van der Waals surface area contributed by atoms with Crippen molar-refractivity contribution in [2.24, 2.45) is 0 Å². The van der Waals surface area contributed by atoms with Crippen LogP contribution < -0.4 is 5.32 Å². The highest BCUT2D eigenvalue weighted by atomic mass is 32.2. The summed E-state index contributed by atoms with van der Waals surface area (Å²) >= 11 is -1.26. The van der Waals surface area contributed by atoms with Crippen molar-refractivity contribution in [3.8, 4) is 0 Å². The van der Waals surface area contributed by atoms with Crippen molar-refractivity contribution in [2.75, 3.05) is 12.4 Å². The highest BCUT2D eigenvalue weighted by molar-refractivity contribution is 7.80. The maximum Gasteiger partial charge on any atom is 0.407 e. The molecule has 1 unspecified atom stereocenters. The number of alkyl carbamates (subject to hydrolysis) is 1. The van der Waals surface area contributed by atoms with Crippen LogP contribution in [0.2, 0.25) is 0 Å². The Balaban J connectivity index is 2.31. The van der Waals surface area contributed by atoms with Crippen molar-refractivity contribution < 1.29 is 17.9 Å². The molecule has 0 aliphatic carbocycles. The molecule has 0 saturated carbocycles. The van der Waals surface area contributed by atoms with Crippen LogP contribution in [0.25, 0.3) is 0 Å². The second-order valence-electron chi connectivity index (χ2n) is 4.10. The van der Waals surface area contributed by atoms with E-state index < -0.39 is 22.8 Å². The van der Waals surface area contributed by atoms with E-state index in [-0.39, 0.29) is 12.6 Å². The van der Waals surface area contributed by atoms with E-state index in [1.807, 2.05) is 0 Å². The predicted octanol–water partition coefficient (Wildman–Crippen LogP) is 0.574. The molecule has 1 N–H and O–H groups in total. The normalized spacial score (nSPS) is 27.4. The van der Waals surface area contributed by atoms with Crippen molar-refractivity contribution in [2.45, 2.75) is 32.4 Å². The average Bonchev–Trinajstić information content (AvgIpc) is 2.30. The van der Waals surface area contributed by atoms with Crippen LogP contribution >= 0.6 is 0 Å². The Morgan fingerprint density at radius 1 is 1.57 bits per heavy atom. The van der Waals surface area contributed by atoms with Gasteiger partial charge < -0.3 is 10.1 Å². The van der Waals surface area contributed by atoms with Crippen LogP contribution in [0.4, 0.5) is 4.79 Å². The van der Waals surface area contributed by atoms with Gasteiger partial charge in [0.2, 0.25) is 0 Å². The van der Waals surface area contributed by atoms with Crippen LogP contribution in [0.1, 0.15) is 20.8 Å². The van der Waals surface area contributed by atoms with Crippen LogP contribution in [0.3, 0.4) is 0 Å². The summed E-state index contributed by atoms with van der Waals surface area (Å²) in [6.45, 7) is 5.65. The van der Waals surface area contributed by atoms with Crippen molar-refractivity contribution in [1.29, 1.82) is 0 Å². The van der Waals surface area contributed by atoms with Crippen LogP contribution in [-0.4, -0.2) is 34.3 Å². The zero-order valence-electron chi connectivity index (χ0n) is 8.53. The maximum absolute atomic E-state index is 11.2. The molecule has 0 aromatic carbocycles. The Kier molecular flexibility index (Phi) is 3.49. The van der Waals surface area contributed by atoms with E-state index in [0.29, 0.717) is 5.75 Å². The fraction of sp³-hybridized carbons (Fsp3) is 0.875. The van der Waals surface area contributed by atoms with Crippen molar-refractivity contribution in [3.05, 3.63) is 0 Å². The van der Waals surface area contributed by atoms with E-state index in [2.05, 4.69) is 5.32 Å². The van der Waals surface area contributed by atoms with Gasteiger partial charge in [-0.1, -0.05) is 0 Å². The summed E-state index contributed by atoms with van der Waals surface area (Å²) in [7, 11) is 0. The number of nitrogens with one attached hydrogen (secondary N) is 1. The molecule has 0 radical (unpaired) electrons. The molecule has 0 aromatic heterocycles. The van der Waals surface area contributed by atoms with Crippen LogP contribution in [0.5, 0.6) is 0 Å². The van der Waals surface area contributed by atoms with Gasteiger partial charge in [0.05, 0.1) is 18.4 Å². The maximum atomic E-state index is 11.2. The molecule has 1 rings (SSSR count). The molecule has 0 spiro atoms. The molecule has 82 valence electrons. The highest BCUT2D eigenvalue weighted by Gasteiger charge is 2.26.